The predicted molar refractivity (Wildman–Crippen MR) is 61.0 cm³/mol. The maximum absolute atomic E-state index is 11.6. The van der Waals surface area contributed by atoms with E-state index < -0.39 is 0 Å². The first-order valence-electron chi connectivity index (χ1n) is 6.10. The highest BCUT2D eigenvalue weighted by Gasteiger charge is 2.13. The quantitative estimate of drug-likeness (QED) is 0.785. The number of piperidine rings is 1. The van der Waals surface area contributed by atoms with Crippen molar-refractivity contribution in [2.45, 2.75) is 44.7 Å². The zero-order valence-corrected chi connectivity index (χ0v) is 9.82. The van der Waals surface area contributed by atoms with E-state index in [0.29, 0.717) is 24.8 Å². The molecule has 2 heterocycles. The molecule has 0 spiro atoms. The summed E-state index contributed by atoms with van der Waals surface area (Å²) in [5.41, 5.74) is 0. The Bertz CT molecular complexity index is 333. The Hall–Kier alpha value is -1.43. The number of hydrogen-bond donors (Lipinski definition) is 2. The number of hydrogen-bond acceptors (Lipinski definition) is 5. The maximum atomic E-state index is 11.6. The zero-order chi connectivity index (χ0) is 11.9. The summed E-state index contributed by atoms with van der Waals surface area (Å²) in [6.45, 7) is 1.42. The van der Waals surface area contributed by atoms with Crippen LogP contribution in [-0.4, -0.2) is 28.6 Å². The Morgan fingerprint density at radius 1 is 1.59 bits per heavy atom. The minimum absolute atomic E-state index is 0.0437. The van der Waals surface area contributed by atoms with Gasteiger partial charge in [0.1, 0.15) is 0 Å². The topological polar surface area (TPSA) is 80.0 Å². The molecule has 1 atom stereocenters. The Morgan fingerprint density at radius 2 is 2.53 bits per heavy atom. The molecule has 17 heavy (non-hydrogen) atoms. The zero-order valence-electron chi connectivity index (χ0n) is 9.82. The molecule has 1 aromatic heterocycles. The lowest BCUT2D eigenvalue weighted by atomic mass is 10.0. The smallest absolute Gasteiger partial charge is 0.220 e. The molecule has 0 aromatic carbocycles. The normalized spacial score (nSPS) is 20.1. The Balaban J connectivity index is 1.60. The van der Waals surface area contributed by atoms with Crippen molar-refractivity contribution in [3.05, 3.63) is 12.2 Å². The second kappa shape index (κ2) is 6.34. The highest BCUT2D eigenvalue weighted by Crippen LogP contribution is 2.11. The van der Waals surface area contributed by atoms with Gasteiger partial charge < -0.3 is 15.2 Å². The number of carbonyl (C=O) groups excluding carboxylic acids is 1. The van der Waals surface area contributed by atoms with Crippen molar-refractivity contribution in [2.24, 2.45) is 0 Å². The average molecular weight is 238 g/mol. The van der Waals surface area contributed by atoms with Crippen molar-refractivity contribution in [3.63, 3.8) is 0 Å². The van der Waals surface area contributed by atoms with Gasteiger partial charge in [-0.1, -0.05) is 11.6 Å². The van der Waals surface area contributed by atoms with Crippen molar-refractivity contribution in [1.29, 1.82) is 0 Å². The Kier molecular flexibility index (Phi) is 4.49. The number of carbonyl (C=O) groups is 1. The molecule has 1 unspecified atom stereocenters. The van der Waals surface area contributed by atoms with Crippen LogP contribution < -0.4 is 10.6 Å². The van der Waals surface area contributed by atoms with E-state index in [9.17, 15) is 4.79 Å². The van der Waals surface area contributed by atoms with Gasteiger partial charge in [0, 0.05) is 12.5 Å². The summed E-state index contributed by atoms with van der Waals surface area (Å²) in [6.07, 6.45) is 6.40. The van der Waals surface area contributed by atoms with Crippen LogP contribution in [0.4, 0.5) is 0 Å². The molecule has 1 aliphatic heterocycles. The summed E-state index contributed by atoms with van der Waals surface area (Å²) in [5.74, 6) is 0.552. The van der Waals surface area contributed by atoms with E-state index in [1.165, 1.54) is 25.7 Å². The van der Waals surface area contributed by atoms with Crippen LogP contribution in [0, 0.1) is 0 Å². The molecule has 2 N–H and O–H groups in total. The SMILES string of the molecule is O=C(CCC1CCCCN1)NCc1ncon1. The molecule has 1 aromatic rings. The monoisotopic (exact) mass is 238 g/mol. The highest BCUT2D eigenvalue weighted by atomic mass is 16.5. The third kappa shape index (κ3) is 4.14. The fourth-order valence-electron chi connectivity index (χ4n) is 2.01. The van der Waals surface area contributed by atoms with E-state index in [0.717, 1.165) is 13.0 Å². The summed E-state index contributed by atoms with van der Waals surface area (Å²) < 4.78 is 4.58. The van der Waals surface area contributed by atoms with Crippen LogP contribution in [0.15, 0.2) is 10.9 Å². The van der Waals surface area contributed by atoms with Gasteiger partial charge in [-0.3, -0.25) is 4.79 Å². The molecule has 0 radical (unpaired) electrons. The average Bonchev–Trinajstić information content (AvgIpc) is 2.88. The Labute approximate surface area is 100 Å². The van der Waals surface area contributed by atoms with Crippen molar-refractivity contribution in [3.8, 4) is 0 Å². The van der Waals surface area contributed by atoms with Gasteiger partial charge >= 0.3 is 0 Å². The van der Waals surface area contributed by atoms with Gasteiger partial charge in [0.25, 0.3) is 0 Å². The third-order valence-corrected chi connectivity index (χ3v) is 2.98. The number of amides is 1. The molecule has 1 aliphatic rings. The summed E-state index contributed by atoms with van der Waals surface area (Å²) in [5, 5.41) is 9.82. The van der Waals surface area contributed by atoms with E-state index in [-0.39, 0.29) is 5.91 Å². The van der Waals surface area contributed by atoms with Crippen molar-refractivity contribution in [2.75, 3.05) is 6.54 Å². The molecule has 0 saturated carbocycles. The second-order valence-corrected chi connectivity index (χ2v) is 4.31. The lowest BCUT2D eigenvalue weighted by molar-refractivity contribution is -0.121. The lowest BCUT2D eigenvalue weighted by Gasteiger charge is -2.22. The van der Waals surface area contributed by atoms with Gasteiger partial charge in [-0.05, 0) is 25.8 Å². The fourth-order valence-corrected chi connectivity index (χ4v) is 2.01. The largest absolute Gasteiger partial charge is 0.349 e. The van der Waals surface area contributed by atoms with Crippen molar-refractivity contribution in [1.82, 2.24) is 20.8 Å². The number of nitrogens with zero attached hydrogens (tertiary/aromatic N) is 2. The maximum Gasteiger partial charge on any atom is 0.220 e. The molecule has 1 saturated heterocycles. The van der Waals surface area contributed by atoms with E-state index in [1.807, 2.05) is 0 Å². The van der Waals surface area contributed by atoms with Gasteiger partial charge in [0.2, 0.25) is 12.3 Å². The molecule has 94 valence electrons. The fraction of sp³-hybridized carbons (Fsp3) is 0.727. The third-order valence-electron chi connectivity index (χ3n) is 2.98. The van der Waals surface area contributed by atoms with E-state index in [4.69, 9.17) is 0 Å². The standard InChI is InChI=1S/C11H18N4O2/c16-11(13-7-10-14-8-17-15-10)5-4-9-3-1-2-6-12-9/h8-9,12H,1-7H2,(H,13,16). The van der Waals surface area contributed by atoms with E-state index >= 15 is 0 Å². The molecular formula is C11H18N4O2. The summed E-state index contributed by atoms with van der Waals surface area (Å²) in [7, 11) is 0. The number of aromatic nitrogens is 2. The Morgan fingerprint density at radius 3 is 3.24 bits per heavy atom. The first kappa shape index (κ1) is 12.0. The minimum Gasteiger partial charge on any atom is -0.349 e. The van der Waals surface area contributed by atoms with Crippen LogP contribution in [0.5, 0.6) is 0 Å². The molecule has 6 nitrogen and oxygen atoms in total. The summed E-state index contributed by atoms with van der Waals surface area (Å²) in [6, 6.07) is 0.500. The molecular weight excluding hydrogens is 220 g/mol. The van der Waals surface area contributed by atoms with Gasteiger partial charge in [-0.2, -0.15) is 4.98 Å². The predicted octanol–water partition coefficient (Wildman–Crippen LogP) is 0.608. The van der Waals surface area contributed by atoms with Crippen molar-refractivity contribution < 1.29 is 9.32 Å². The van der Waals surface area contributed by atoms with Gasteiger partial charge in [-0.25, -0.2) is 0 Å². The molecule has 1 amide bonds. The molecule has 2 rings (SSSR count). The van der Waals surface area contributed by atoms with E-state index in [1.54, 1.807) is 0 Å². The summed E-state index contributed by atoms with van der Waals surface area (Å²) >= 11 is 0. The van der Waals surface area contributed by atoms with Gasteiger partial charge in [-0.15, -0.1) is 0 Å². The van der Waals surface area contributed by atoms with Crippen LogP contribution in [0.2, 0.25) is 0 Å². The van der Waals surface area contributed by atoms with Gasteiger partial charge in [0.05, 0.1) is 6.54 Å². The number of nitrogens with one attached hydrogen (secondary N) is 2. The lowest BCUT2D eigenvalue weighted by Crippen LogP contribution is -2.35. The summed E-state index contributed by atoms with van der Waals surface area (Å²) in [4.78, 5) is 15.4. The van der Waals surface area contributed by atoms with Crippen molar-refractivity contribution >= 4 is 5.91 Å². The first-order valence-corrected chi connectivity index (χ1v) is 6.10. The molecule has 0 bridgehead atoms. The first-order chi connectivity index (χ1) is 8.34. The second-order valence-electron chi connectivity index (χ2n) is 4.31. The van der Waals surface area contributed by atoms with Crippen LogP contribution in [-0.2, 0) is 11.3 Å². The number of rotatable bonds is 5. The molecule has 1 fully saturated rings. The van der Waals surface area contributed by atoms with Crippen LogP contribution in [0.3, 0.4) is 0 Å². The van der Waals surface area contributed by atoms with E-state index in [2.05, 4.69) is 25.3 Å². The van der Waals surface area contributed by atoms with Crippen LogP contribution >= 0.6 is 0 Å². The minimum atomic E-state index is 0.0437. The van der Waals surface area contributed by atoms with Crippen LogP contribution in [0.25, 0.3) is 0 Å². The van der Waals surface area contributed by atoms with Crippen LogP contribution in [0.1, 0.15) is 37.9 Å². The molecule has 0 aliphatic carbocycles. The molecule has 6 heteroatoms. The van der Waals surface area contributed by atoms with Gasteiger partial charge in [0.15, 0.2) is 5.82 Å². The highest BCUT2D eigenvalue weighted by molar-refractivity contribution is 5.75.